The second-order valence-electron chi connectivity index (χ2n) is 7.54. The van der Waals surface area contributed by atoms with Crippen molar-refractivity contribution in [3.63, 3.8) is 0 Å². The van der Waals surface area contributed by atoms with Crippen LogP contribution in [0.4, 0.5) is 5.69 Å². The van der Waals surface area contributed by atoms with Gasteiger partial charge in [0.15, 0.2) is 5.82 Å². The number of imidazole rings is 1. The van der Waals surface area contributed by atoms with Crippen molar-refractivity contribution in [3.05, 3.63) is 77.4 Å². The van der Waals surface area contributed by atoms with Gasteiger partial charge in [-0.25, -0.2) is 4.98 Å². The van der Waals surface area contributed by atoms with Crippen molar-refractivity contribution >= 4 is 77.5 Å². The number of fused-ring (bicyclic) bond motifs is 1. The Bertz CT molecular complexity index is 1170. The molecule has 5 nitrogen and oxygen atoms in total. The average molecular weight is 561 g/mol. The number of aromatic nitrogens is 3. The van der Waals surface area contributed by atoms with Crippen LogP contribution in [0.3, 0.4) is 0 Å². The average Bonchev–Trinajstić information content (AvgIpc) is 3.16. The Morgan fingerprint density at radius 2 is 1.59 bits per heavy atom. The van der Waals surface area contributed by atoms with Crippen LogP contribution in [0.2, 0.25) is 5.02 Å². The van der Waals surface area contributed by atoms with E-state index < -0.39 is 0 Å². The molecule has 4 aromatic rings. The summed E-state index contributed by atoms with van der Waals surface area (Å²) in [6.45, 7) is 2.69. The van der Waals surface area contributed by atoms with Gasteiger partial charge in [0.05, 0.1) is 21.7 Å². The number of benzene rings is 2. The lowest BCUT2D eigenvalue weighted by Gasteiger charge is -2.25. The molecule has 0 bridgehead atoms. The highest BCUT2D eigenvalue weighted by atomic mass is 35.5. The Labute approximate surface area is 229 Å². The van der Waals surface area contributed by atoms with Gasteiger partial charge in [-0.05, 0) is 42.8 Å². The fourth-order valence-electron chi connectivity index (χ4n) is 3.64. The molecule has 10 heteroatoms. The molecule has 0 fully saturated rings. The molecule has 0 saturated carbocycles. The molecule has 0 radical (unpaired) electrons. The van der Waals surface area contributed by atoms with Crippen LogP contribution < -0.4 is 4.90 Å². The van der Waals surface area contributed by atoms with E-state index in [1.165, 1.54) is 5.56 Å². The highest BCUT2D eigenvalue weighted by molar-refractivity contribution is 7.97. The minimum atomic E-state index is 0. The number of nitrogens with zero attached hydrogens (tertiary/aromatic N) is 5. The number of likely N-dealkylation sites (N-methyl/N-ethyl adjacent to an activating group) is 2. The third-order valence-electron chi connectivity index (χ3n) is 5.31. The predicted octanol–water partition coefficient (Wildman–Crippen LogP) is 6.71. The highest BCUT2D eigenvalue weighted by Crippen LogP contribution is 2.36. The fourth-order valence-corrected chi connectivity index (χ4v) is 4.63. The molecule has 184 valence electrons. The van der Waals surface area contributed by atoms with Crippen LogP contribution >= 0.6 is 60.8 Å². The molecule has 34 heavy (non-hydrogen) atoms. The second-order valence-corrected chi connectivity index (χ2v) is 8.65. The number of para-hydroxylation sites is 2. The van der Waals surface area contributed by atoms with Gasteiger partial charge in [-0.15, -0.1) is 37.2 Å². The van der Waals surface area contributed by atoms with E-state index in [4.69, 9.17) is 16.6 Å². The van der Waals surface area contributed by atoms with Crippen LogP contribution in [-0.4, -0.2) is 52.3 Å². The first-order valence-electron chi connectivity index (χ1n) is 10.2. The van der Waals surface area contributed by atoms with E-state index in [1.807, 2.05) is 42.8 Å². The number of anilines is 1. The van der Waals surface area contributed by atoms with Gasteiger partial charge in [-0.1, -0.05) is 54.1 Å². The van der Waals surface area contributed by atoms with E-state index in [9.17, 15) is 0 Å². The summed E-state index contributed by atoms with van der Waals surface area (Å²) in [6.07, 6.45) is 3.84. The monoisotopic (exact) mass is 559 g/mol. The number of hydrogen-bond acceptors (Lipinski definition) is 5. The summed E-state index contributed by atoms with van der Waals surface area (Å²) >= 11 is 8.46. The van der Waals surface area contributed by atoms with Gasteiger partial charge < -0.3 is 9.80 Å². The molecular formula is C24H29Cl4N5S. The van der Waals surface area contributed by atoms with Gasteiger partial charge in [0.2, 0.25) is 0 Å². The zero-order chi connectivity index (χ0) is 21.8. The van der Waals surface area contributed by atoms with E-state index in [2.05, 4.69) is 63.2 Å². The normalized spacial score (nSPS) is 10.4. The SMILES string of the molecule is CSn1c(-c2nccc(N(C)CCN(C)Cc3ccccc3)c2Cl)nc2ccccc21.Cl.Cl.Cl. The molecule has 0 aliphatic heterocycles. The summed E-state index contributed by atoms with van der Waals surface area (Å²) in [5, 5.41) is 0.626. The molecule has 2 aromatic carbocycles. The molecule has 0 amide bonds. The molecule has 2 heterocycles. The zero-order valence-corrected chi connectivity index (χ0v) is 23.2. The Morgan fingerprint density at radius 3 is 2.29 bits per heavy atom. The van der Waals surface area contributed by atoms with Crippen molar-refractivity contribution in [3.8, 4) is 11.5 Å². The summed E-state index contributed by atoms with van der Waals surface area (Å²) in [5.74, 6) is 0.773. The summed E-state index contributed by atoms with van der Waals surface area (Å²) in [7, 11) is 4.21. The summed E-state index contributed by atoms with van der Waals surface area (Å²) in [4.78, 5) is 13.9. The quantitative estimate of drug-likeness (QED) is 0.239. The van der Waals surface area contributed by atoms with Gasteiger partial charge in [-0.3, -0.25) is 8.96 Å². The Balaban J connectivity index is 0.00000193. The molecule has 0 atom stereocenters. The number of pyridine rings is 1. The lowest BCUT2D eigenvalue weighted by atomic mass is 10.2. The van der Waals surface area contributed by atoms with Crippen molar-refractivity contribution in [2.24, 2.45) is 0 Å². The van der Waals surface area contributed by atoms with Crippen LogP contribution in [0, 0.1) is 0 Å². The molecule has 0 saturated heterocycles. The molecule has 4 rings (SSSR count). The maximum Gasteiger partial charge on any atom is 0.171 e. The van der Waals surface area contributed by atoms with E-state index in [1.54, 1.807) is 11.9 Å². The van der Waals surface area contributed by atoms with Crippen molar-refractivity contribution < 1.29 is 0 Å². The number of rotatable bonds is 8. The van der Waals surface area contributed by atoms with Crippen molar-refractivity contribution in [2.45, 2.75) is 6.54 Å². The lowest BCUT2D eigenvalue weighted by molar-refractivity contribution is 0.334. The first-order chi connectivity index (χ1) is 15.1. The molecule has 0 aliphatic rings. The van der Waals surface area contributed by atoms with Gasteiger partial charge >= 0.3 is 0 Å². The number of halogens is 4. The van der Waals surface area contributed by atoms with Crippen molar-refractivity contribution in [2.75, 3.05) is 38.3 Å². The molecule has 2 aromatic heterocycles. The minimum Gasteiger partial charge on any atom is -0.372 e. The Kier molecular flexibility index (Phi) is 12.5. The molecule has 0 spiro atoms. The second kappa shape index (κ2) is 14.0. The largest absolute Gasteiger partial charge is 0.372 e. The smallest absolute Gasteiger partial charge is 0.171 e. The maximum absolute atomic E-state index is 6.86. The zero-order valence-electron chi connectivity index (χ0n) is 19.2. The highest BCUT2D eigenvalue weighted by Gasteiger charge is 2.19. The van der Waals surface area contributed by atoms with Crippen molar-refractivity contribution in [1.29, 1.82) is 0 Å². The van der Waals surface area contributed by atoms with Crippen LogP contribution in [-0.2, 0) is 6.54 Å². The first kappa shape index (κ1) is 30.4. The Morgan fingerprint density at radius 1 is 0.912 bits per heavy atom. The third kappa shape index (κ3) is 6.72. The first-order valence-corrected chi connectivity index (χ1v) is 11.7. The Hall–Kier alpha value is -1.67. The molecule has 0 N–H and O–H groups in total. The van der Waals surface area contributed by atoms with E-state index in [0.29, 0.717) is 10.7 Å². The van der Waals surface area contributed by atoms with Gasteiger partial charge in [0, 0.05) is 39.1 Å². The van der Waals surface area contributed by atoms with Gasteiger partial charge in [0.25, 0.3) is 0 Å². The van der Waals surface area contributed by atoms with E-state index in [-0.39, 0.29) is 37.2 Å². The van der Waals surface area contributed by atoms with E-state index >= 15 is 0 Å². The molecular weight excluding hydrogens is 532 g/mol. The molecule has 0 aliphatic carbocycles. The summed E-state index contributed by atoms with van der Waals surface area (Å²) in [6, 6.07) is 20.6. The van der Waals surface area contributed by atoms with Crippen LogP contribution in [0.15, 0.2) is 66.9 Å². The summed E-state index contributed by atoms with van der Waals surface area (Å²) < 4.78 is 2.08. The minimum absolute atomic E-state index is 0. The van der Waals surface area contributed by atoms with Crippen LogP contribution in [0.5, 0.6) is 0 Å². The van der Waals surface area contributed by atoms with Crippen LogP contribution in [0.1, 0.15) is 5.56 Å². The molecule has 0 unspecified atom stereocenters. The third-order valence-corrected chi connectivity index (χ3v) is 6.41. The topological polar surface area (TPSA) is 37.2 Å². The fraction of sp³-hybridized carbons (Fsp3) is 0.250. The maximum atomic E-state index is 6.86. The predicted molar refractivity (Wildman–Crippen MR) is 155 cm³/mol. The standard InChI is InChI=1S/C24H26ClN5S.3ClH/c1-28(17-18-9-5-4-6-10-18)15-16-29(2)21-13-14-26-23(22(21)25)24-27-19-11-7-8-12-20(19)30(24)31-3;;;/h4-14H,15-17H2,1-3H3;3*1H. The number of hydrogen-bond donors (Lipinski definition) is 0. The lowest BCUT2D eigenvalue weighted by Crippen LogP contribution is -2.30. The summed E-state index contributed by atoms with van der Waals surface area (Å²) in [5.41, 5.74) is 4.97. The van der Waals surface area contributed by atoms with Crippen molar-refractivity contribution in [1.82, 2.24) is 18.8 Å². The van der Waals surface area contributed by atoms with Gasteiger partial charge in [0.1, 0.15) is 5.69 Å². The van der Waals surface area contributed by atoms with Gasteiger partial charge in [-0.2, -0.15) is 0 Å². The van der Waals surface area contributed by atoms with Crippen LogP contribution in [0.25, 0.3) is 22.6 Å². The van der Waals surface area contributed by atoms with E-state index in [0.717, 1.165) is 42.2 Å².